The Hall–Kier alpha value is -2.58. The zero-order valence-electron chi connectivity index (χ0n) is 18.4. The van der Waals surface area contributed by atoms with Gasteiger partial charge in [0.15, 0.2) is 0 Å². The Morgan fingerprint density at radius 1 is 0.882 bits per heavy atom. The van der Waals surface area contributed by atoms with Crippen LogP contribution in [-0.2, 0) is 21.4 Å². The Labute approximate surface area is 209 Å². The smallest absolute Gasteiger partial charge is 0.261 e. The van der Waals surface area contributed by atoms with Gasteiger partial charge in [0.25, 0.3) is 10.0 Å². The SMILES string of the molecule is O=C(Nc1ccc(S(=O)(=O)Nc2cccc(Cl)c2)cc1)C1CCN(Cc2cccc(Cl)c2)CC1. The first-order valence-corrected chi connectivity index (χ1v) is 13.2. The zero-order chi connectivity index (χ0) is 24.1. The Kier molecular flexibility index (Phi) is 7.78. The Morgan fingerprint density at radius 2 is 1.53 bits per heavy atom. The standard InChI is InChI=1S/C25H25Cl2N3O3S/c26-20-4-1-3-18(15-20)17-30-13-11-19(12-14-30)25(31)28-22-7-9-24(10-8-22)34(32,33)29-23-6-2-5-21(27)16-23/h1-10,15-16,19,29H,11-14,17H2,(H,28,31). The first kappa shape index (κ1) is 24.5. The number of sulfonamides is 1. The van der Waals surface area contributed by atoms with Gasteiger partial charge in [0.1, 0.15) is 0 Å². The summed E-state index contributed by atoms with van der Waals surface area (Å²) >= 11 is 12.0. The molecule has 1 heterocycles. The molecule has 3 aromatic carbocycles. The van der Waals surface area contributed by atoms with Crippen LogP contribution in [-0.4, -0.2) is 32.3 Å². The van der Waals surface area contributed by atoms with Gasteiger partial charge >= 0.3 is 0 Å². The van der Waals surface area contributed by atoms with Crippen LogP contribution in [0.3, 0.4) is 0 Å². The Balaban J connectivity index is 1.30. The van der Waals surface area contributed by atoms with Crippen molar-refractivity contribution in [2.24, 2.45) is 5.92 Å². The average molecular weight is 518 g/mol. The maximum absolute atomic E-state index is 12.7. The summed E-state index contributed by atoms with van der Waals surface area (Å²) in [6, 6.07) is 20.4. The molecule has 0 unspecified atom stereocenters. The maximum Gasteiger partial charge on any atom is 0.261 e. The molecular weight excluding hydrogens is 493 g/mol. The molecule has 1 aliphatic heterocycles. The second-order valence-electron chi connectivity index (χ2n) is 8.31. The molecule has 0 spiro atoms. The molecule has 0 aromatic heterocycles. The first-order valence-electron chi connectivity index (χ1n) is 10.9. The van der Waals surface area contributed by atoms with Crippen LogP contribution < -0.4 is 10.0 Å². The topological polar surface area (TPSA) is 78.5 Å². The third-order valence-corrected chi connectivity index (χ3v) is 7.63. The number of amides is 1. The van der Waals surface area contributed by atoms with Gasteiger partial charge in [0, 0.05) is 28.2 Å². The molecule has 1 amide bonds. The van der Waals surface area contributed by atoms with E-state index in [0.717, 1.165) is 43.1 Å². The Morgan fingerprint density at radius 3 is 2.18 bits per heavy atom. The van der Waals surface area contributed by atoms with Crippen molar-refractivity contribution in [1.29, 1.82) is 0 Å². The molecule has 34 heavy (non-hydrogen) atoms. The van der Waals surface area contributed by atoms with Crippen molar-refractivity contribution in [3.63, 3.8) is 0 Å². The van der Waals surface area contributed by atoms with Crippen LogP contribution in [0.5, 0.6) is 0 Å². The van der Waals surface area contributed by atoms with Gasteiger partial charge < -0.3 is 5.32 Å². The summed E-state index contributed by atoms with van der Waals surface area (Å²) in [6.07, 6.45) is 1.53. The lowest BCUT2D eigenvalue weighted by atomic mass is 9.95. The van der Waals surface area contributed by atoms with Gasteiger partial charge in [-0.2, -0.15) is 0 Å². The van der Waals surface area contributed by atoms with Crippen LogP contribution in [0.1, 0.15) is 18.4 Å². The number of rotatable bonds is 7. The average Bonchev–Trinajstić information content (AvgIpc) is 2.80. The Bertz CT molecular complexity index is 1260. The summed E-state index contributed by atoms with van der Waals surface area (Å²) in [5.74, 6) is -0.126. The van der Waals surface area contributed by atoms with Crippen molar-refractivity contribution in [3.05, 3.63) is 88.4 Å². The number of halogens is 2. The fraction of sp³-hybridized carbons (Fsp3) is 0.240. The second kappa shape index (κ2) is 10.8. The summed E-state index contributed by atoms with van der Waals surface area (Å²) in [5, 5.41) is 4.08. The van der Waals surface area contributed by atoms with Gasteiger partial charge in [0.2, 0.25) is 5.91 Å². The summed E-state index contributed by atoms with van der Waals surface area (Å²) in [5.41, 5.74) is 2.11. The summed E-state index contributed by atoms with van der Waals surface area (Å²) in [7, 11) is -3.77. The highest BCUT2D eigenvalue weighted by Gasteiger charge is 2.25. The van der Waals surface area contributed by atoms with Crippen molar-refractivity contribution in [2.45, 2.75) is 24.3 Å². The number of likely N-dealkylation sites (tertiary alicyclic amines) is 1. The molecular formula is C25H25Cl2N3O3S. The molecule has 3 aromatic rings. The summed E-state index contributed by atoms with van der Waals surface area (Å²) in [6.45, 7) is 2.47. The number of piperidine rings is 1. The van der Waals surface area contributed by atoms with Gasteiger partial charge in [0.05, 0.1) is 10.6 Å². The van der Waals surface area contributed by atoms with E-state index in [-0.39, 0.29) is 16.7 Å². The lowest BCUT2D eigenvalue weighted by Gasteiger charge is -2.31. The highest BCUT2D eigenvalue weighted by atomic mass is 35.5. The molecule has 0 atom stereocenters. The van der Waals surface area contributed by atoms with E-state index in [0.29, 0.717) is 16.4 Å². The third-order valence-electron chi connectivity index (χ3n) is 5.76. The van der Waals surface area contributed by atoms with E-state index in [2.05, 4.69) is 21.0 Å². The van der Waals surface area contributed by atoms with Crippen LogP contribution in [0.25, 0.3) is 0 Å². The largest absolute Gasteiger partial charge is 0.326 e. The van der Waals surface area contributed by atoms with Crippen LogP contribution >= 0.6 is 23.2 Å². The number of carbonyl (C=O) groups is 1. The quantitative estimate of drug-likeness (QED) is 0.424. The van der Waals surface area contributed by atoms with E-state index < -0.39 is 10.0 Å². The van der Waals surface area contributed by atoms with Gasteiger partial charge in [-0.05, 0) is 86.1 Å². The fourth-order valence-electron chi connectivity index (χ4n) is 3.97. The predicted octanol–water partition coefficient (Wildman–Crippen LogP) is 5.64. The molecule has 6 nitrogen and oxygen atoms in total. The minimum Gasteiger partial charge on any atom is -0.326 e. The van der Waals surface area contributed by atoms with Crippen LogP contribution in [0.2, 0.25) is 10.0 Å². The first-order chi connectivity index (χ1) is 16.3. The molecule has 0 saturated carbocycles. The highest BCUT2D eigenvalue weighted by Crippen LogP contribution is 2.24. The van der Waals surface area contributed by atoms with Crippen LogP contribution in [0, 0.1) is 5.92 Å². The number of hydrogen-bond donors (Lipinski definition) is 2. The van der Waals surface area contributed by atoms with E-state index in [4.69, 9.17) is 23.2 Å². The van der Waals surface area contributed by atoms with E-state index >= 15 is 0 Å². The molecule has 0 radical (unpaired) electrons. The molecule has 0 aliphatic carbocycles. The number of anilines is 2. The minimum absolute atomic E-state index is 0.0462. The normalized spacial score (nSPS) is 15.1. The fourth-order valence-corrected chi connectivity index (χ4v) is 5.43. The highest BCUT2D eigenvalue weighted by molar-refractivity contribution is 7.92. The van der Waals surface area contributed by atoms with Crippen LogP contribution in [0.4, 0.5) is 11.4 Å². The van der Waals surface area contributed by atoms with Gasteiger partial charge in [-0.15, -0.1) is 0 Å². The van der Waals surface area contributed by atoms with Gasteiger partial charge in [-0.25, -0.2) is 8.42 Å². The van der Waals surface area contributed by atoms with Crippen molar-refractivity contribution >= 4 is 50.5 Å². The van der Waals surface area contributed by atoms with Gasteiger partial charge in [-0.1, -0.05) is 41.4 Å². The van der Waals surface area contributed by atoms with Crippen molar-refractivity contribution in [2.75, 3.05) is 23.1 Å². The molecule has 9 heteroatoms. The molecule has 4 rings (SSSR count). The van der Waals surface area contributed by atoms with E-state index in [1.54, 1.807) is 30.3 Å². The minimum atomic E-state index is -3.77. The number of nitrogens with one attached hydrogen (secondary N) is 2. The molecule has 1 aliphatic rings. The van der Waals surface area contributed by atoms with Crippen molar-refractivity contribution in [1.82, 2.24) is 4.90 Å². The number of nitrogens with zero attached hydrogens (tertiary/aromatic N) is 1. The monoisotopic (exact) mass is 517 g/mol. The summed E-state index contributed by atoms with van der Waals surface area (Å²) < 4.78 is 27.7. The van der Waals surface area contributed by atoms with Crippen molar-refractivity contribution in [3.8, 4) is 0 Å². The number of benzene rings is 3. The van der Waals surface area contributed by atoms with E-state index in [9.17, 15) is 13.2 Å². The van der Waals surface area contributed by atoms with Crippen molar-refractivity contribution < 1.29 is 13.2 Å². The molecule has 2 N–H and O–H groups in total. The molecule has 0 bridgehead atoms. The zero-order valence-corrected chi connectivity index (χ0v) is 20.7. The number of carbonyl (C=O) groups excluding carboxylic acids is 1. The summed E-state index contributed by atoms with van der Waals surface area (Å²) in [4.78, 5) is 15.2. The third kappa shape index (κ3) is 6.51. The maximum atomic E-state index is 12.7. The predicted molar refractivity (Wildman–Crippen MR) is 137 cm³/mol. The second-order valence-corrected chi connectivity index (χ2v) is 10.9. The van der Waals surface area contributed by atoms with E-state index in [1.807, 2.05) is 18.2 Å². The van der Waals surface area contributed by atoms with E-state index in [1.165, 1.54) is 18.2 Å². The molecule has 178 valence electrons. The lowest BCUT2D eigenvalue weighted by Crippen LogP contribution is -2.37. The lowest BCUT2D eigenvalue weighted by molar-refractivity contribution is -0.121. The molecule has 1 saturated heterocycles. The van der Waals surface area contributed by atoms with Crippen LogP contribution in [0.15, 0.2) is 77.7 Å². The number of hydrogen-bond acceptors (Lipinski definition) is 4. The molecule has 1 fully saturated rings. The van der Waals surface area contributed by atoms with Gasteiger partial charge in [-0.3, -0.25) is 14.4 Å².